The maximum absolute atomic E-state index is 5.66. The number of hydrazone groups is 1. The predicted molar refractivity (Wildman–Crippen MR) is 137 cm³/mol. The van der Waals surface area contributed by atoms with Crippen molar-refractivity contribution in [2.24, 2.45) is 9.85 Å². The number of benzene rings is 2. The fourth-order valence-corrected chi connectivity index (χ4v) is 9.41. The molecule has 0 saturated carbocycles. The Morgan fingerprint density at radius 1 is 0.969 bits per heavy atom. The predicted octanol–water partition coefficient (Wildman–Crippen LogP) is 6.63. The van der Waals surface area contributed by atoms with Crippen LogP contribution in [-0.2, 0) is 5.41 Å². The third-order valence-electron chi connectivity index (χ3n) is 7.48. The van der Waals surface area contributed by atoms with Crippen molar-refractivity contribution in [3.63, 3.8) is 0 Å². The van der Waals surface area contributed by atoms with Crippen LogP contribution in [0.2, 0.25) is 0 Å². The van der Waals surface area contributed by atoms with Crippen LogP contribution in [-0.4, -0.2) is 42.8 Å². The van der Waals surface area contributed by atoms with Crippen LogP contribution >= 0.6 is 7.36 Å². The zero-order valence-corrected chi connectivity index (χ0v) is 21.0. The Balaban J connectivity index is 1.83. The summed E-state index contributed by atoms with van der Waals surface area (Å²) in [5, 5.41) is 6.21. The van der Waals surface area contributed by atoms with E-state index in [9.17, 15) is 0 Å². The molecule has 168 valence electrons. The molecule has 1 unspecified atom stereocenters. The van der Waals surface area contributed by atoms with Gasteiger partial charge in [0, 0.05) is 44.0 Å². The van der Waals surface area contributed by atoms with Gasteiger partial charge in [0.1, 0.15) is 0 Å². The molecule has 2 aromatic carbocycles. The molecule has 5 rings (SSSR count). The van der Waals surface area contributed by atoms with E-state index in [1.165, 1.54) is 46.2 Å². The van der Waals surface area contributed by atoms with Gasteiger partial charge in [0.25, 0.3) is 0 Å². The molecule has 3 aliphatic heterocycles. The Morgan fingerprint density at radius 2 is 1.69 bits per heavy atom. The van der Waals surface area contributed by atoms with Crippen molar-refractivity contribution in [1.29, 1.82) is 0 Å². The molecule has 0 amide bonds. The Kier molecular flexibility index (Phi) is 5.11. The summed E-state index contributed by atoms with van der Waals surface area (Å²) in [4.78, 5) is 2.39. The number of nitrogens with zero attached hydrogens (tertiary/aromatic N) is 5. The van der Waals surface area contributed by atoms with E-state index in [2.05, 4.69) is 105 Å². The first kappa shape index (κ1) is 21.5. The van der Waals surface area contributed by atoms with Crippen LogP contribution in [0.3, 0.4) is 0 Å². The molecule has 0 aliphatic carbocycles. The van der Waals surface area contributed by atoms with Gasteiger partial charge in [-0.15, -0.1) is 0 Å². The Hall–Kier alpha value is -2.36. The lowest BCUT2D eigenvalue weighted by Crippen LogP contribution is -2.29. The number of para-hydroxylation sites is 1. The molecule has 0 spiro atoms. The fraction of sp³-hybridized carbons (Fsp3) is 0.423. The fourth-order valence-electron chi connectivity index (χ4n) is 5.59. The molecule has 2 aromatic rings. The van der Waals surface area contributed by atoms with Gasteiger partial charge in [0.2, 0.25) is 0 Å². The van der Waals surface area contributed by atoms with Crippen molar-refractivity contribution >= 4 is 24.9 Å². The van der Waals surface area contributed by atoms with Crippen LogP contribution < -0.4 is 4.90 Å². The van der Waals surface area contributed by atoms with Gasteiger partial charge in [-0.3, -0.25) is 0 Å². The van der Waals surface area contributed by atoms with Crippen LogP contribution in [0.4, 0.5) is 11.4 Å². The van der Waals surface area contributed by atoms with Crippen molar-refractivity contribution in [3.8, 4) is 0 Å². The van der Waals surface area contributed by atoms with Gasteiger partial charge >= 0.3 is 0 Å². The molecule has 32 heavy (non-hydrogen) atoms. The number of rotatable bonds is 2. The van der Waals surface area contributed by atoms with Gasteiger partial charge in [-0.2, -0.15) is 5.10 Å². The topological polar surface area (TPSA) is 34.4 Å². The Labute approximate surface area is 192 Å². The second kappa shape index (κ2) is 7.60. The summed E-state index contributed by atoms with van der Waals surface area (Å²) < 4.78 is 10.5. The number of allylic oxidation sites excluding steroid dienone is 2. The molecule has 0 aromatic heterocycles. The lowest BCUT2D eigenvalue weighted by molar-refractivity contribution is 0.487. The van der Waals surface area contributed by atoms with E-state index in [0.717, 1.165) is 18.8 Å². The van der Waals surface area contributed by atoms with Crippen LogP contribution in [0, 0.1) is 13.8 Å². The average molecular weight is 448 g/mol. The minimum atomic E-state index is -2.25. The maximum atomic E-state index is 5.66. The van der Waals surface area contributed by atoms with Crippen molar-refractivity contribution in [2.75, 3.05) is 32.1 Å². The molecule has 3 heterocycles. The standard InChI is InChI=1S/C26H34N5P/c1-19-12-11-14-22(20(19)2)28-32(31-16-9-10-17-31)24(18-27-30(32)6)25-26(3,4)21-13-7-8-15-23(21)29(25)5/h7-8,11-15,18H,9-10,16-17H2,1-6H3. The number of anilines is 1. The van der Waals surface area contributed by atoms with E-state index in [1.807, 2.05) is 0 Å². The van der Waals surface area contributed by atoms with Crippen molar-refractivity contribution in [1.82, 2.24) is 9.45 Å². The quantitative estimate of drug-likeness (QED) is 0.485. The first-order chi connectivity index (χ1) is 15.3. The maximum Gasteiger partial charge on any atom is 0.174 e. The summed E-state index contributed by atoms with van der Waals surface area (Å²) in [5.41, 5.74) is 7.53. The highest BCUT2D eigenvalue weighted by atomic mass is 31.2. The minimum Gasteiger partial charge on any atom is -0.346 e. The average Bonchev–Trinajstić information content (AvgIpc) is 3.45. The second-order valence-corrected chi connectivity index (χ2v) is 12.7. The Morgan fingerprint density at radius 3 is 2.41 bits per heavy atom. The summed E-state index contributed by atoms with van der Waals surface area (Å²) in [7, 11) is 2.08. The van der Waals surface area contributed by atoms with Crippen LogP contribution in [0.5, 0.6) is 0 Å². The molecule has 3 aliphatic rings. The zero-order valence-electron chi connectivity index (χ0n) is 20.1. The monoisotopic (exact) mass is 447 g/mol. The van der Waals surface area contributed by atoms with E-state index < -0.39 is 7.36 Å². The van der Waals surface area contributed by atoms with E-state index in [-0.39, 0.29) is 5.41 Å². The molecular weight excluding hydrogens is 413 g/mol. The largest absolute Gasteiger partial charge is 0.346 e. The van der Waals surface area contributed by atoms with Gasteiger partial charge in [0.15, 0.2) is 7.36 Å². The normalized spacial score (nSPS) is 26.8. The lowest BCUT2D eigenvalue weighted by atomic mass is 9.84. The number of hydrogen-bond acceptors (Lipinski definition) is 3. The lowest BCUT2D eigenvalue weighted by Gasteiger charge is -2.38. The molecule has 0 bridgehead atoms. The third kappa shape index (κ3) is 2.94. The van der Waals surface area contributed by atoms with Gasteiger partial charge in [-0.25, -0.2) is 14.2 Å². The first-order valence-electron chi connectivity index (χ1n) is 11.6. The summed E-state index contributed by atoms with van der Waals surface area (Å²) in [6.45, 7) is 11.2. The Bertz CT molecular complexity index is 1190. The molecular formula is C26H34N5P. The van der Waals surface area contributed by atoms with Crippen molar-refractivity contribution in [2.45, 2.75) is 46.0 Å². The number of fused-ring (bicyclic) bond motifs is 1. The number of hydrogen-bond donors (Lipinski definition) is 0. The van der Waals surface area contributed by atoms with Crippen LogP contribution in [0.1, 0.15) is 43.4 Å². The van der Waals surface area contributed by atoms with Crippen LogP contribution in [0.15, 0.2) is 63.3 Å². The van der Waals surface area contributed by atoms with Crippen molar-refractivity contribution in [3.05, 3.63) is 70.2 Å². The zero-order chi connectivity index (χ0) is 22.7. The van der Waals surface area contributed by atoms with Gasteiger partial charge in [-0.1, -0.05) is 44.2 Å². The third-order valence-corrected chi connectivity index (χ3v) is 11.1. The van der Waals surface area contributed by atoms with Gasteiger partial charge in [0.05, 0.1) is 17.2 Å². The SMILES string of the molecule is Cc1cccc(N=P2(N3CCCC3)C(=C3N(C)c4ccccc4C3(C)C)C=NN2C)c1C. The van der Waals surface area contributed by atoms with E-state index in [1.54, 1.807) is 0 Å². The molecule has 1 atom stereocenters. The molecule has 6 heteroatoms. The van der Waals surface area contributed by atoms with Crippen LogP contribution in [0.25, 0.3) is 0 Å². The highest BCUT2D eigenvalue weighted by Gasteiger charge is 2.48. The number of aryl methyl sites for hydroxylation is 1. The van der Waals surface area contributed by atoms with E-state index in [0.29, 0.717) is 0 Å². The number of likely N-dealkylation sites (N-methyl/N-ethyl adjacent to an activating group) is 1. The molecule has 0 N–H and O–H groups in total. The first-order valence-corrected chi connectivity index (χ1v) is 13.2. The van der Waals surface area contributed by atoms with Gasteiger partial charge < -0.3 is 4.90 Å². The minimum absolute atomic E-state index is 0.111. The van der Waals surface area contributed by atoms with E-state index in [4.69, 9.17) is 9.85 Å². The molecule has 1 saturated heterocycles. The summed E-state index contributed by atoms with van der Waals surface area (Å²) in [5.74, 6) is 0. The summed E-state index contributed by atoms with van der Waals surface area (Å²) in [6.07, 6.45) is 4.56. The van der Waals surface area contributed by atoms with Crippen molar-refractivity contribution < 1.29 is 0 Å². The smallest absolute Gasteiger partial charge is 0.174 e. The summed E-state index contributed by atoms with van der Waals surface area (Å²) in [6, 6.07) is 15.3. The highest BCUT2D eigenvalue weighted by Crippen LogP contribution is 2.70. The summed E-state index contributed by atoms with van der Waals surface area (Å²) >= 11 is 0. The molecule has 5 nitrogen and oxygen atoms in total. The second-order valence-electron chi connectivity index (χ2n) is 9.72. The molecule has 0 radical (unpaired) electrons. The van der Waals surface area contributed by atoms with E-state index >= 15 is 0 Å². The van der Waals surface area contributed by atoms with Gasteiger partial charge in [-0.05, 0) is 55.5 Å². The highest BCUT2D eigenvalue weighted by molar-refractivity contribution is 7.67. The molecule has 1 fully saturated rings.